The minimum Gasteiger partial charge on any atom is -0.503 e. The van der Waals surface area contributed by atoms with Crippen molar-refractivity contribution >= 4 is 17.9 Å². The van der Waals surface area contributed by atoms with Crippen LogP contribution in [0.5, 0.6) is 0 Å². The maximum Gasteiger partial charge on any atom is 0.345 e. The molecule has 11 N–H and O–H groups in total. The first kappa shape index (κ1) is 58.0. The summed E-state index contributed by atoms with van der Waals surface area (Å²) in [4.78, 5) is 34.4. The molecule has 0 saturated heterocycles. The zero-order chi connectivity index (χ0) is 39.3. The Morgan fingerprint density at radius 3 is 1.18 bits per heavy atom. The molecule has 294 valence electrons. The van der Waals surface area contributed by atoms with Gasteiger partial charge in [-0.15, -0.1) is 0 Å². The highest BCUT2D eigenvalue weighted by atomic mass is 16.6. The third-order valence-corrected chi connectivity index (χ3v) is 3.64. The minimum absolute atomic E-state index is 0.0224. The molecule has 0 aromatic heterocycles. The van der Waals surface area contributed by atoms with Crippen LogP contribution in [-0.4, -0.2) is 194 Å². The van der Waals surface area contributed by atoms with E-state index in [1.165, 1.54) is 21.1 Å². The van der Waals surface area contributed by atoms with Gasteiger partial charge in [-0.3, -0.25) is 0 Å². The molecule has 20 nitrogen and oxygen atoms in total. The predicted octanol–water partition coefficient (Wildman–Crippen LogP) is -4.49. The number of esters is 3. The lowest BCUT2D eigenvalue weighted by molar-refractivity contribution is -0.141. The molecular weight excluding hydrogens is 668 g/mol. The third-order valence-electron chi connectivity index (χ3n) is 3.64. The molecule has 49 heavy (non-hydrogen) atoms. The Bertz CT molecular complexity index is 777. The molecule has 0 spiro atoms. The fourth-order valence-electron chi connectivity index (χ4n) is 1.82. The van der Waals surface area contributed by atoms with Crippen molar-refractivity contribution < 1.29 is 99.0 Å². The Morgan fingerprint density at radius 2 is 0.878 bits per heavy atom. The maximum absolute atomic E-state index is 12.0. The maximum atomic E-state index is 12.0. The highest BCUT2D eigenvalue weighted by Crippen LogP contribution is 2.19. The summed E-state index contributed by atoms with van der Waals surface area (Å²) < 4.78 is 29.1. The molecule has 0 aliphatic rings. The van der Waals surface area contributed by atoms with Crippen molar-refractivity contribution in [2.75, 3.05) is 120 Å². The number of hydrogen-bond acceptors (Lipinski definition) is 20. The monoisotopic (exact) mass is 726 g/mol. The number of ether oxygens (including phenoxy) is 6. The molecule has 0 unspecified atom stereocenters. The zero-order valence-corrected chi connectivity index (χ0v) is 28.7. The van der Waals surface area contributed by atoms with E-state index in [2.05, 4.69) is 11.3 Å². The van der Waals surface area contributed by atoms with Crippen LogP contribution in [0.15, 0.2) is 35.3 Å². The molecule has 0 fully saturated rings. The molecule has 0 aromatic rings. The van der Waals surface area contributed by atoms with Crippen LogP contribution in [-0.2, 0) is 42.8 Å². The van der Waals surface area contributed by atoms with Crippen LogP contribution in [0.25, 0.3) is 0 Å². The number of aliphatic hydroxyl groups is 11. The molecule has 0 atom stereocenters. The van der Waals surface area contributed by atoms with Crippen molar-refractivity contribution in [3.63, 3.8) is 0 Å². The predicted molar refractivity (Wildman–Crippen MR) is 171 cm³/mol. The first-order valence-corrected chi connectivity index (χ1v) is 14.3. The van der Waals surface area contributed by atoms with Crippen LogP contribution in [0.4, 0.5) is 0 Å². The van der Waals surface area contributed by atoms with E-state index in [0.717, 1.165) is 6.26 Å². The van der Waals surface area contributed by atoms with E-state index in [0.29, 0.717) is 5.57 Å². The van der Waals surface area contributed by atoms with Gasteiger partial charge in [-0.2, -0.15) is 0 Å². The van der Waals surface area contributed by atoms with Gasteiger partial charge < -0.3 is 84.6 Å². The summed E-state index contributed by atoms with van der Waals surface area (Å²) in [5, 5.41) is 86.5. The molecule has 0 saturated carbocycles. The van der Waals surface area contributed by atoms with E-state index in [1.807, 2.05) is 0 Å². The van der Waals surface area contributed by atoms with Crippen LogP contribution in [0.3, 0.4) is 0 Å². The summed E-state index contributed by atoms with van der Waals surface area (Å²) in [6.45, 7) is 4.81. The summed E-state index contributed by atoms with van der Waals surface area (Å²) in [5.41, 5.74) is 0.256. The van der Waals surface area contributed by atoms with E-state index < -0.39 is 17.9 Å². The van der Waals surface area contributed by atoms with Crippen molar-refractivity contribution in [2.45, 2.75) is 13.8 Å². The van der Waals surface area contributed by atoms with Crippen molar-refractivity contribution in [2.24, 2.45) is 0 Å². The summed E-state index contributed by atoms with van der Waals surface area (Å²) in [7, 11) is 2.60. The Morgan fingerprint density at radius 1 is 0.510 bits per heavy atom. The molecule has 20 heteroatoms. The van der Waals surface area contributed by atoms with Crippen molar-refractivity contribution in [1.29, 1.82) is 0 Å². The van der Waals surface area contributed by atoms with E-state index in [4.69, 9.17) is 79.9 Å². The van der Waals surface area contributed by atoms with Crippen molar-refractivity contribution in [3.05, 3.63) is 35.3 Å². The number of methoxy groups -OCH3 is 2. The van der Waals surface area contributed by atoms with Gasteiger partial charge >= 0.3 is 17.9 Å². The highest BCUT2D eigenvalue weighted by Gasteiger charge is 2.24. The molecule has 0 radical (unpaired) electrons. The molecule has 0 aliphatic heterocycles. The minimum atomic E-state index is -0.818. The second-order valence-corrected chi connectivity index (χ2v) is 7.69. The number of hydrogen-bond donors (Lipinski definition) is 11. The Kier molecular flexibility index (Phi) is 61.0. The van der Waals surface area contributed by atoms with Crippen molar-refractivity contribution in [3.8, 4) is 0 Å². The van der Waals surface area contributed by atoms with Gasteiger partial charge in [0.25, 0.3) is 0 Å². The quantitative estimate of drug-likeness (QED) is 0.0149. The van der Waals surface area contributed by atoms with Crippen LogP contribution in [0, 0.1) is 0 Å². The number of rotatable bonds is 19. The van der Waals surface area contributed by atoms with E-state index >= 15 is 0 Å². The van der Waals surface area contributed by atoms with Gasteiger partial charge in [0.15, 0.2) is 0 Å². The normalized spacial score (nSPS) is 10.1. The third kappa shape index (κ3) is 49.3. The van der Waals surface area contributed by atoms with Gasteiger partial charge in [0.05, 0.1) is 106 Å². The first-order valence-electron chi connectivity index (χ1n) is 14.3. The molecule has 0 bridgehead atoms. The lowest BCUT2D eigenvalue weighted by Gasteiger charge is -2.13. The van der Waals surface area contributed by atoms with Crippen LogP contribution in [0.2, 0.25) is 0 Å². The fourth-order valence-corrected chi connectivity index (χ4v) is 1.82. The van der Waals surface area contributed by atoms with Gasteiger partial charge in [0.2, 0.25) is 0 Å². The largest absolute Gasteiger partial charge is 0.503 e. The van der Waals surface area contributed by atoms with Gasteiger partial charge in [-0.05, 0) is 13.8 Å². The van der Waals surface area contributed by atoms with Crippen LogP contribution < -0.4 is 0 Å². The topological polar surface area (TPSA) is 329 Å². The Hall–Kier alpha value is -3.25. The molecular formula is C29H58O20. The van der Waals surface area contributed by atoms with Gasteiger partial charge in [-0.1, -0.05) is 6.58 Å². The Labute approximate surface area is 286 Å². The summed E-state index contributed by atoms with van der Waals surface area (Å²) in [5.74, 6) is -2.05. The Balaban J connectivity index is -0.000000149. The fraction of sp³-hybridized carbons (Fsp3) is 0.690. The van der Waals surface area contributed by atoms with E-state index in [9.17, 15) is 14.4 Å². The standard InChI is InChI=1S/C15H24O9.C6H10O3.4C2H6O2/c1-11(14(18)24-9-8-22-6-4-16)13(21-3)12(10-20-2)15(19)23-7-5-17;1-5(2)6(8)9-4-3-7;4*3-1-2-4/h10,16-17H,4-9H2,1-3H3;7H,1,3-4H2,2H3;4*3-4H,1-2H2. The number of carbonyl (C=O) groups is 3. The van der Waals surface area contributed by atoms with Crippen molar-refractivity contribution in [1.82, 2.24) is 0 Å². The highest BCUT2D eigenvalue weighted by molar-refractivity contribution is 5.97. The summed E-state index contributed by atoms with van der Waals surface area (Å²) in [6, 6.07) is 0. The van der Waals surface area contributed by atoms with E-state index in [-0.39, 0.29) is 123 Å². The smallest absolute Gasteiger partial charge is 0.345 e. The number of carbonyl (C=O) groups excluding carboxylic acids is 3. The molecule has 0 aromatic carbocycles. The summed E-state index contributed by atoms with van der Waals surface area (Å²) in [6.07, 6.45) is 1.07. The second-order valence-electron chi connectivity index (χ2n) is 7.69. The average molecular weight is 727 g/mol. The molecule has 0 heterocycles. The average Bonchev–Trinajstić information content (AvgIpc) is 3.12. The van der Waals surface area contributed by atoms with Gasteiger partial charge in [0, 0.05) is 5.57 Å². The lowest BCUT2D eigenvalue weighted by Crippen LogP contribution is -2.18. The number of aliphatic hydroxyl groups excluding tert-OH is 11. The first-order chi connectivity index (χ1) is 23.4. The molecule has 0 rings (SSSR count). The van der Waals surface area contributed by atoms with Crippen LogP contribution >= 0.6 is 0 Å². The summed E-state index contributed by atoms with van der Waals surface area (Å²) >= 11 is 0. The van der Waals surface area contributed by atoms with Crippen LogP contribution in [0.1, 0.15) is 13.8 Å². The van der Waals surface area contributed by atoms with E-state index in [1.54, 1.807) is 6.92 Å². The second kappa shape index (κ2) is 51.6. The molecule has 0 aliphatic carbocycles. The zero-order valence-electron chi connectivity index (χ0n) is 28.7. The van der Waals surface area contributed by atoms with Gasteiger partial charge in [0.1, 0.15) is 37.4 Å². The molecule has 0 amide bonds. The lowest BCUT2D eigenvalue weighted by atomic mass is 10.1. The van der Waals surface area contributed by atoms with Gasteiger partial charge in [-0.25, -0.2) is 14.4 Å². The SMILES string of the molecule is C=C(C)C(=O)OCCO.COC=C(C(=O)OCCO)C(OC)=C(C)C(=O)OCCOCCO.OCCO.OCCO.OCCO.OCCO.